The lowest BCUT2D eigenvalue weighted by Crippen LogP contribution is -2.38. The maximum absolute atomic E-state index is 12.3. The number of carbonyl (C=O) groups excluding carboxylic acids is 1. The minimum absolute atomic E-state index is 0.0810. The van der Waals surface area contributed by atoms with Crippen LogP contribution in [-0.4, -0.2) is 42.1 Å². The van der Waals surface area contributed by atoms with Crippen molar-refractivity contribution < 1.29 is 9.90 Å². The molecule has 0 aliphatic carbocycles. The number of rotatable bonds is 5. The molecule has 0 bridgehead atoms. The molecule has 1 unspecified atom stereocenters. The van der Waals surface area contributed by atoms with Crippen LogP contribution >= 0.6 is 11.3 Å². The van der Waals surface area contributed by atoms with Gasteiger partial charge in [0, 0.05) is 37.6 Å². The number of carbonyl (C=O) groups is 1. The fourth-order valence-corrected chi connectivity index (χ4v) is 2.99. The first kappa shape index (κ1) is 16.3. The van der Waals surface area contributed by atoms with Gasteiger partial charge in [-0.05, 0) is 6.92 Å². The van der Waals surface area contributed by atoms with Gasteiger partial charge in [-0.25, -0.2) is 4.98 Å². The first-order valence-corrected chi connectivity index (χ1v) is 8.11. The van der Waals surface area contributed by atoms with E-state index >= 15 is 0 Å². The lowest BCUT2D eigenvalue weighted by molar-refractivity contribution is 0.0527. The molecule has 3 rings (SSSR count). The highest BCUT2D eigenvalue weighted by molar-refractivity contribution is 7.16. The summed E-state index contributed by atoms with van der Waals surface area (Å²) in [7, 11) is 3.60. The largest absolute Gasteiger partial charge is 0.383 e. The van der Waals surface area contributed by atoms with Gasteiger partial charge in [0.1, 0.15) is 15.5 Å². The third kappa shape index (κ3) is 3.36. The highest BCUT2D eigenvalue weighted by atomic mass is 32.1. The van der Waals surface area contributed by atoms with Crippen LogP contribution < -0.4 is 5.32 Å². The van der Waals surface area contributed by atoms with Crippen LogP contribution in [0.2, 0.25) is 0 Å². The molecule has 0 aliphatic heterocycles. The number of aliphatic hydroxyl groups is 1. The molecule has 24 heavy (non-hydrogen) atoms. The molecule has 3 heterocycles. The average molecular weight is 346 g/mol. The molecular weight excluding hydrogens is 328 g/mol. The van der Waals surface area contributed by atoms with Crippen molar-refractivity contribution in [2.24, 2.45) is 14.1 Å². The Kier molecular flexibility index (Phi) is 4.20. The minimum Gasteiger partial charge on any atom is -0.383 e. The molecule has 1 atom stereocenters. The number of thiazole rings is 1. The Morgan fingerprint density at radius 1 is 1.25 bits per heavy atom. The van der Waals surface area contributed by atoms with Gasteiger partial charge in [-0.1, -0.05) is 0 Å². The van der Waals surface area contributed by atoms with E-state index in [1.54, 1.807) is 41.9 Å². The molecule has 0 fully saturated rings. The Balaban J connectivity index is 1.66. The molecular formula is C15H18N6O2S. The average Bonchev–Trinajstić information content (AvgIpc) is 3.24. The maximum atomic E-state index is 12.3. The standard InChI is InChI=1S/C15H18N6O2S/c1-15(23,11-5-19-21(3)8-11)9-17-13(22)12-6-16-14(24-12)10-4-18-20(2)7-10/h4-8,23H,9H2,1-3H3,(H,17,22). The quantitative estimate of drug-likeness (QED) is 0.716. The van der Waals surface area contributed by atoms with Crippen molar-refractivity contribution in [3.8, 4) is 10.6 Å². The van der Waals surface area contributed by atoms with Gasteiger partial charge in [0.2, 0.25) is 0 Å². The van der Waals surface area contributed by atoms with Crippen LogP contribution in [0.25, 0.3) is 10.6 Å². The number of aromatic nitrogens is 5. The Morgan fingerprint density at radius 3 is 2.58 bits per heavy atom. The Labute approximate surface area is 142 Å². The number of hydrogen-bond acceptors (Lipinski definition) is 6. The summed E-state index contributed by atoms with van der Waals surface area (Å²) in [4.78, 5) is 17.0. The molecule has 0 radical (unpaired) electrons. The topological polar surface area (TPSA) is 97.9 Å². The second-order valence-corrected chi connectivity index (χ2v) is 6.82. The summed E-state index contributed by atoms with van der Waals surface area (Å²) in [6.07, 6.45) is 8.38. The van der Waals surface area contributed by atoms with Gasteiger partial charge >= 0.3 is 0 Å². The second-order valence-electron chi connectivity index (χ2n) is 5.79. The summed E-state index contributed by atoms with van der Waals surface area (Å²) < 4.78 is 3.29. The van der Waals surface area contributed by atoms with Gasteiger partial charge in [-0.2, -0.15) is 10.2 Å². The van der Waals surface area contributed by atoms with Gasteiger partial charge in [-0.3, -0.25) is 14.2 Å². The van der Waals surface area contributed by atoms with Gasteiger partial charge in [0.25, 0.3) is 5.91 Å². The van der Waals surface area contributed by atoms with Crippen LogP contribution in [-0.2, 0) is 19.7 Å². The summed E-state index contributed by atoms with van der Waals surface area (Å²) in [5.74, 6) is -0.271. The van der Waals surface area contributed by atoms with Crippen LogP contribution in [0.1, 0.15) is 22.2 Å². The Bertz CT molecular complexity index is 863. The first-order valence-electron chi connectivity index (χ1n) is 7.30. The lowest BCUT2D eigenvalue weighted by Gasteiger charge is -2.21. The predicted octanol–water partition coefficient (Wildman–Crippen LogP) is 0.915. The molecule has 0 spiro atoms. The van der Waals surface area contributed by atoms with E-state index in [4.69, 9.17) is 0 Å². The van der Waals surface area contributed by atoms with E-state index in [-0.39, 0.29) is 12.5 Å². The zero-order chi connectivity index (χ0) is 17.3. The molecule has 3 aromatic heterocycles. The van der Waals surface area contributed by atoms with Gasteiger partial charge < -0.3 is 10.4 Å². The molecule has 0 saturated heterocycles. The van der Waals surface area contributed by atoms with Gasteiger partial charge in [0.05, 0.1) is 25.1 Å². The summed E-state index contributed by atoms with van der Waals surface area (Å²) in [5.41, 5.74) is 0.315. The van der Waals surface area contributed by atoms with E-state index in [9.17, 15) is 9.90 Å². The maximum Gasteiger partial charge on any atom is 0.263 e. The molecule has 0 aliphatic rings. The fourth-order valence-electron chi connectivity index (χ4n) is 2.19. The number of nitrogens with one attached hydrogen (secondary N) is 1. The van der Waals surface area contributed by atoms with Crippen LogP contribution in [0.3, 0.4) is 0 Å². The molecule has 0 saturated carbocycles. The number of aryl methyl sites for hydroxylation is 2. The summed E-state index contributed by atoms with van der Waals surface area (Å²) >= 11 is 1.28. The number of hydrogen-bond donors (Lipinski definition) is 2. The van der Waals surface area contributed by atoms with E-state index in [1.165, 1.54) is 17.5 Å². The zero-order valence-electron chi connectivity index (χ0n) is 13.6. The summed E-state index contributed by atoms with van der Waals surface area (Å²) in [6, 6.07) is 0. The van der Waals surface area contributed by atoms with Gasteiger partial charge in [-0.15, -0.1) is 11.3 Å². The third-order valence-electron chi connectivity index (χ3n) is 3.60. The van der Waals surface area contributed by atoms with Crippen molar-refractivity contribution in [2.45, 2.75) is 12.5 Å². The van der Waals surface area contributed by atoms with Crippen molar-refractivity contribution in [1.82, 2.24) is 29.9 Å². The Morgan fingerprint density at radius 2 is 1.96 bits per heavy atom. The first-order chi connectivity index (χ1) is 11.3. The molecule has 9 heteroatoms. The van der Waals surface area contributed by atoms with E-state index in [2.05, 4.69) is 20.5 Å². The summed E-state index contributed by atoms with van der Waals surface area (Å²) in [5, 5.41) is 22.1. The predicted molar refractivity (Wildman–Crippen MR) is 89.4 cm³/mol. The lowest BCUT2D eigenvalue weighted by atomic mass is 10.00. The van der Waals surface area contributed by atoms with Crippen molar-refractivity contribution in [2.75, 3.05) is 6.54 Å². The van der Waals surface area contributed by atoms with Crippen LogP contribution in [0.15, 0.2) is 31.0 Å². The molecule has 3 aromatic rings. The Hall–Kier alpha value is -2.52. The molecule has 0 aromatic carbocycles. The molecule has 1 amide bonds. The SMILES string of the molecule is Cn1cc(-c2ncc(C(=O)NCC(C)(O)c3cnn(C)c3)s2)cn1. The van der Waals surface area contributed by atoms with Crippen molar-refractivity contribution in [3.05, 3.63) is 41.4 Å². The fraction of sp³-hybridized carbons (Fsp3) is 0.333. The summed E-state index contributed by atoms with van der Waals surface area (Å²) in [6.45, 7) is 1.72. The highest BCUT2D eigenvalue weighted by Gasteiger charge is 2.26. The highest BCUT2D eigenvalue weighted by Crippen LogP contribution is 2.25. The van der Waals surface area contributed by atoms with Crippen LogP contribution in [0, 0.1) is 0 Å². The van der Waals surface area contributed by atoms with Crippen molar-refractivity contribution in [3.63, 3.8) is 0 Å². The normalized spacial score (nSPS) is 13.7. The number of amides is 1. The van der Waals surface area contributed by atoms with Crippen LogP contribution in [0.4, 0.5) is 0 Å². The number of nitrogens with zero attached hydrogens (tertiary/aromatic N) is 5. The molecule has 2 N–H and O–H groups in total. The van der Waals surface area contributed by atoms with Gasteiger partial charge in [0.15, 0.2) is 0 Å². The monoisotopic (exact) mass is 346 g/mol. The van der Waals surface area contributed by atoms with Crippen molar-refractivity contribution >= 4 is 17.2 Å². The van der Waals surface area contributed by atoms with E-state index < -0.39 is 5.60 Å². The zero-order valence-corrected chi connectivity index (χ0v) is 14.4. The van der Waals surface area contributed by atoms with Crippen LogP contribution in [0.5, 0.6) is 0 Å². The molecule has 126 valence electrons. The van der Waals surface area contributed by atoms with E-state index in [0.717, 1.165) is 10.6 Å². The van der Waals surface area contributed by atoms with E-state index in [0.29, 0.717) is 10.4 Å². The second kappa shape index (κ2) is 6.17. The molecule has 8 nitrogen and oxygen atoms in total. The smallest absolute Gasteiger partial charge is 0.263 e. The van der Waals surface area contributed by atoms with E-state index in [1.807, 2.05) is 13.2 Å². The minimum atomic E-state index is -1.19. The van der Waals surface area contributed by atoms with Crippen molar-refractivity contribution in [1.29, 1.82) is 0 Å². The third-order valence-corrected chi connectivity index (χ3v) is 4.65.